The van der Waals surface area contributed by atoms with Crippen LogP contribution in [-0.2, 0) is 0 Å². The number of nitrogens with one attached hydrogen (secondary N) is 1. The van der Waals surface area contributed by atoms with Crippen LogP contribution in [0.3, 0.4) is 0 Å². The van der Waals surface area contributed by atoms with Gasteiger partial charge >= 0.3 is 0 Å². The van der Waals surface area contributed by atoms with Crippen molar-refractivity contribution < 1.29 is 13.6 Å². The Hall–Kier alpha value is -1.94. The minimum absolute atomic E-state index is 0.103. The van der Waals surface area contributed by atoms with Gasteiger partial charge in [0.2, 0.25) is 0 Å². The molecular weight excluding hydrogens is 296 g/mol. The van der Waals surface area contributed by atoms with E-state index in [9.17, 15) is 13.6 Å². The maximum Gasteiger partial charge on any atom is 0.257 e. The summed E-state index contributed by atoms with van der Waals surface area (Å²) >= 11 is 5.80. The van der Waals surface area contributed by atoms with Crippen molar-refractivity contribution in [3.05, 3.63) is 64.2 Å². The molecule has 0 heterocycles. The lowest BCUT2D eigenvalue weighted by molar-refractivity contribution is 0.102. The SMILES string of the molecule is CC(C)c1ccccc1NC(=O)c1cc(F)c(F)cc1Cl. The van der Waals surface area contributed by atoms with Crippen LogP contribution in [0.4, 0.5) is 14.5 Å². The molecule has 2 aromatic carbocycles. The second-order valence-electron chi connectivity index (χ2n) is 4.94. The Bertz CT molecular complexity index is 686. The van der Waals surface area contributed by atoms with Crippen molar-refractivity contribution in [2.24, 2.45) is 0 Å². The van der Waals surface area contributed by atoms with E-state index in [0.717, 1.165) is 17.7 Å². The first-order valence-electron chi connectivity index (χ1n) is 6.45. The van der Waals surface area contributed by atoms with Gasteiger partial charge in [-0.1, -0.05) is 43.6 Å². The first-order chi connectivity index (χ1) is 9.90. The van der Waals surface area contributed by atoms with Crippen LogP contribution in [0.15, 0.2) is 36.4 Å². The molecule has 0 aliphatic heterocycles. The van der Waals surface area contributed by atoms with Crippen molar-refractivity contribution in [1.29, 1.82) is 0 Å². The molecule has 0 aromatic heterocycles. The van der Waals surface area contributed by atoms with Crippen LogP contribution in [0.1, 0.15) is 35.7 Å². The van der Waals surface area contributed by atoms with Crippen molar-refractivity contribution in [3.63, 3.8) is 0 Å². The van der Waals surface area contributed by atoms with Gasteiger partial charge in [0, 0.05) is 5.69 Å². The highest BCUT2D eigenvalue weighted by atomic mass is 35.5. The largest absolute Gasteiger partial charge is 0.322 e. The topological polar surface area (TPSA) is 29.1 Å². The maximum atomic E-state index is 13.3. The quantitative estimate of drug-likeness (QED) is 0.795. The second kappa shape index (κ2) is 6.22. The minimum atomic E-state index is -1.11. The minimum Gasteiger partial charge on any atom is -0.322 e. The van der Waals surface area contributed by atoms with Crippen molar-refractivity contribution in [3.8, 4) is 0 Å². The van der Waals surface area contributed by atoms with Crippen LogP contribution < -0.4 is 5.32 Å². The maximum absolute atomic E-state index is 13.3. The van der Waals surface area contributed by atoms with Gasteiger partial charge in [0.1, 0.15) is 0 Å². The number of hydrogen-bond acceptors (Lipinski definition) is 1. The summed E-state index contributed by atoms with van der Waals surface area (Å²) in [7, 11) is 0. The fraction of sp³-hybridized carbons (Fsp3) is 0.188. The average Bonchev–Trinajstić information content (AvgIpc) is 2.43. The van der Waals surface area contributed by atoms with E-state index >= 15 is 0 Å². The predicted molar refractivity (Wildman–Crippen MR) is 79.9 cm³/mol. The molecular formula is C16H14ClF2NO. The van der Waals surface area contributed by atoms with E-state index in [4.69, 9.17) is 11.6 Å². The molecule has 21 heavy (non-hydrogen) atoms. The van der Waals surface area contributed by atoms with Gasteiger partial charge in [0.05, 0.1) is 10.6 Å². The summed E-state index contributed by atoms with van der Waals surface area (Å²) in [4.78, 5) is 12.2. The number of anilines is 1. The molecule has 5 heteroatoms. The van der Waals surface area contributed by atoms with E-state index < -0.39 is 17.5 Å². The van der Waals surface area contributed by atoms with Gasteiger partial charge < -0.3 is 5.32 Å². The van der Waals surface area contributed by atoms with Gasteiger partial charge in [-0.2, -0.15) is 0 Å². The summed E-state index contributed by atoms with van der Waals surface area (Å²) in [6.45, 7) is 3.99. The second-order valence-corrected chi connectivity index (χ2v) is 5.35. The molecule has 0 atom stereocenters. The molecule has 110 valence electrons. The van der Waals surface area contributed by atoms with Gasteiger partial charge in [-0.05, 0) is 29.7 Å². The number of rotatable bonds is 3. The Morgan fingerprint density at radius 1 is 1.14 bits per heavy atom. The lowest BCUT2D eigenvalue weighted by Crippen LogP contribution is -2.14. The van der Waals surface area contributed by atoms with Gasteiger partial charge in [0.25, 0.3) is 5.91 Å². The Morgan fingerprint density at radius 3 is 2.43 bits per heavy atom. The van der Waals surface area contributed by atoms with Gasteiger partial charge in [-0.15, -0.1) is 0 Å². The summed E-state index contributed by atoms with van der Waals surface area (Å²) in [5.74, 6) is -2.56. The van der Waals surface area contributed by atoms with E-state index in [2.05, 4.69) is 5.32 Å². The molecule has 2 rings (SSSR count). The molecule has 0 saturated carbocycles. The summed E-state index contributed by atoms with van der Waals surface area (Å²) in [5.41, 5.74) is 1.47. The van der Waals surface area contributed by atoms with Gasteiger partial charge in [0.15, 0.2) is 11.6 Å². The zero-order valence-electron chi connectivity index (χ0n) is 11.6. The first kappa shape index (κ1) is 15.4. The van der Waals surface area contributed by atoms with Crippen LogP contribution in [0, 0.1) is 11.6 Å². The molecule has 1 amide bonds. The van der Waals surface area contributed by atoms with Gasteiger partial charge in [-0.3, -0.25) is 4.79 Å². The predicted octanol–water partition coefficient (Wildman–Crippen LogP) is 4.99. The summed E-state index contributed by atoms with van der Waals surface area (Å²) in [6.07, 6.45) is 0. The standard InChI is InChI=1S/C16H14ClF2NO/c1-9(2)10-5-3-4-6-15(10)20-16(21)11-7-13(18)14(19)8-12(11)17/h3-9H,1-2H3,(H,20,21). The number of carbonyl (C=O) groups is 1. The molecule has 0 unspecified atom stereocenters. The monoisotopic (exact) mass is 309 g/mol. The fourth-order valence-electron chi connectivity index (χ4n) is 2.00. The number of para-hydroxylation sites is 1. The normalized spacial score (nSPS) is 10.8. The van der Waals surface area contributed by atoms with Crippen LogP contribution in [0.2, 0.25) is 5.02 Å². The van der Waals surface area contributed by atoms with E-state index in [1.165, 1.54) is 0 Å². The Labute approximate surface area is 126 Å². The number of hydrogen-bond donors (Lipinski definition) is 1. The Kier molecular flexibility index (Phi) is 4.58. The smallest absolute Gasteiger partial charge is 0.257 e. The molecule has 2 aromatic rings. The highest BCUT2D eigenvalue weighted by molar-refractivity contribution is 6.34. The molecule has 0 saturated heterocycles. The first-order valence-corrected chi connectivity index (χ1v) is 6.82. The molecule has 0 aliphatic carbocycles. The van der Waals surface area contributed by atoms with Crippen LogP contribution in [0.25, 0.3) is 0 Å². The molecule has 0 fully saturated rings. The Balaban J connectivity index is 2.33. The molecule has 2 nitrogen and oxygen atoms in total. The summed E-state index contributed by atoms with van der Waals surface area (Å²) < 4.78 is 26.3. The van der Waals surface area contributed by atoms with E-state index in [-0.39, 0.29) is 16.5 Å². The Morgan fingerprint density at radius 2 is 1.76 bits per heavy atom. The van der Waals surface area contributed by atoms with Crippen LogP contribution in [0.5, 0.6) is 0 Å². The molecule has 0 spiro atoms. The van der Waals surface area contributed by atoms with Gasteiger partial charge in [-0.25, -0.2) is 8.78 Å². The third kappa shape index (κ3) is 3.39. The van der Waals surface area contributed by atoms with Crippen molar-refractivity contribution >= 4 is 23.2 Å². The van der Waals surface area contributed by atoms with E-state index in [0.29, 0.717) is 5.69 Å². The van der Waals surface area contributed by atoms with E-state index in [1.807, 2.05) is 26.0 Å². The van der Waals surface area contributed by atoms with Crippen LogP contribution in [-0.4, -0.2) is 5.91 Å². The van der Waals surface area contributed by atoms with Crippen molar-refractivity contribution in [1.82, 2.24) is 0 Å². The summed E-state index contributed by atoms with van der Waals surface area (Å²) in [6, 6.07) is 8.89. The third-order valence-corrected chi connectivity index (χ3v) is 3.40. The third-order valence-electron chi connectivity index (χ3n) is 3.09. The molecule has 0 aliphatic rings. The molecule has 0 bridgehead atoms. The molecule has 1 N–H and O–H groups in total. The fourth-order valence-corrected chi connectivity index (χ4v) is 2.24. The lowest BCUT2D eigenvalue weighted by Gasteiger charge is -2.14. The zero-order chi connectivity index (χ0) is 15.6. The average molecular weight is 310 g/mol. The van der Waals surface area contributed by atoms with Crippen LogP contribution >= 0.6 is 11.6 Å². The highest BCUT2D eigenvalue weighted by Gasteiger charge is 2.16. The van der Waals surface area contributed by atoms with E-state index in [1.54, 1.807) is 12.1 Å². The molecule has 0 radical (unpaired) electrons. The number of halogens is 3. The lowest BCUT2D eigenvalue weighted by atomic mass is 10.0. The highest BCUT2D eigenvalue weighted by Crippen LogP contribution is 2.26. The van der Waals surface area contributed by atoms with Crippen molar-refractivity contribution in [2.75, 3.05) is 5.32 Å². The number of benzene rings is 2. The number of carbonyl (C=O) groups excluding carboxylic acids is 1. The number of amides is 1. The van der Waals surface area contributed by atoms with Crippen molar-refractivity contribution in [2.45, 2.75) is 19.8 Å². The zero-order valence-corrected chi connectivity index (χ0v) is 12.3. The summed E-state index contributed by atoms with van der Waals surface area (Å²) in [5, 5.41) is 2.55.